The highest BCUT2D eigenvalue weighted by Crippen LogP contribution is 2.25. The molecule has 1 aromatic rings. The first-order valence-corrected chi connectivity index (χ1v) is 6.10. The third-order valence-electron chi connectivity index (χ3n) is 3.28. The van der Waals surface area contributed by atoms with Crippen molar-refractivity contribution in [2.75, 3.05) is 19.0 Å². The van der Waals surface area contributed by atoms with Crippen LogP contribution in [0.2, 0.25) is 0 Å². The average molecular weight is 240 g/mol. The fourth-order valence-corrected chi connectivity index (χ4v) is 2.30. The molecule has 6 nitrogen and oxygen atoms in total. The molecule has 2 atom stereocenters. The zero-order chi connectivity index (χ0) is 12.3. The maximum absolute atomic E-state index is 9.97. The fraction of sp³-hybridized carbons (Fsp3) is 0.818. The standard InChI is InChI=1S/C11H20N4O2/c1-12-7-10-13-14-11(17-10)15(2)8-5-3-4-6-9(8)16/h8-9,12,16H,3-7H2,1-2H3. The minimum absolute atomic E-state index is 0.0895. The van der Waals surface area contributed by atoms with Crippen molar-refractivity contribution in [2.24, 2.45) is 0 Å². The highest BCUT2D eigenvalue weighted by molar-refractivity contribution is 5.25. The van der Waals surface area contributed by atoms with Crippen LogP contribution in [-0.2, 0) is 6.54 Å². The lowest BCUT2D eigenvalue weighted by atomic mass is 9.92. The van der Waals surface area contributed by atoms with E-state index in [1.54, 1.807) is 0 Å². The van der Waals surface area contributed by atoms with E-state index in [2.05, 4.69) is 15.5 Å². The quantitative estimate of drug-likeness (QED) is 0.799. The van der Waals surface area contributed by atoms with Crippen molar-refractivity contribution >= 4 is 6.01 Å². The number of nitrogens with one attached hydrogen (secondary N) is 1. The summed E-state index contributed by atoms with van der Waals surface area (Å²) < 4.78 is 5.52. The first-order valence-electron chi connectivity index (χ1n) is 6.10. The van der Waals surface area contributed by atoms with Crippen LogP contribution in [0, 0.1) is 0 Å². The number of aliphatic hydroxyl groups is 1. The van der Waals surface area contributed by atoms with Gasteiger partial charge in [-0.3, -0.25) is 0 Å². The predicted octanol–water partition coefficient (Wildman–Crippen LogP) is 0.529. The van der Waals surface area contributed by atoms with Gasteiger partial charge in [0, 0.05) is 7.05 Å². The molecule has 0 amide bonds. The van der Waals surface area contributed by atoms with Gasteiger partial charge >= 0.3 is 6.01 Å². The van der Waals surface area contributed by atoms with E-state index < -0.39 is 0 Å². The summed E-state index contributed by atoms with van der Waals surface area (Å²) in [6.07, 6.45) is 3.77. The Bertz CT molecular complexity index is 355. The van der Waals surface area contributed by atoms with Crippen LogP contribution < -0.4 is 10.2 Å². The molecule has 0 bridgehead atoms. The van der Waals surface area contributed by atoms with E-state index in [0.717, 1.165) is 25.7 Å². The van der Waals surface area contributed by atoms with Crippen LogP contribution >= 0.6 is 0 Å². The van der Waals surface area contributed by atoms with Crippen molar-refractivity contribution in [1.29, 1.82) is 0 Å². The van der Waals surface area contributed by atoms with Crippen molar-refractivity contribution in [2.45, 2.75) is 44.4 Å². The molecule has 96 valence electrons. The first-order chi connectivity index (χ1) is 8.22. The van der Waals surface area contributed by atoms with Gasteiger partial charge in [-0.25, -0.2) is 0 Å². The number of aliphatic hydroxyl groups excluding tert-OH is 1. The molecule has 1 fully saturated rings. The number of aromatic nitrogens is 2. The van der Waals surface area contributed by atoms with Gasteiger partial charge in [-0.2, -0.15) is 0 Å². The summed E-state index contributed by atoms with van der Waals surface area (Å²) >= 11 is 0. The summed E-state index contributed by atoms with van der Waals surface area (Å²) in [4.78, 5) is 1.90. The van der Waals surface area contributed by atoms with Gasteiger partial charge in [0.25, 0.3) is 0 Å². The lowest BCUT2D eigenvalue weighted by molar-refractivity contribution is 0.104. The molecular formula is C11H20N4O2. The van der Waals surface area contributed by atoms with Gasteiger partial charge in [0.15, 0.2) is 0 Å². The smallest absolute Gasteiger partial charge is 0.318 e. The monoisotopic (exact) mass is 240 g/mol. The third kappa shape index (κ3) is 2.76. The van der Waals surface area contributed by atoms with Crippen LogP contribution in [0.15, 0.2) is 4.42 Å². The lowest BCUT2D eigenvalue weighted by Crippen LogP contribution is -2.43. The topological polar surface area (TPSA) is 74.4 Å². The molecule has 1 aromatic heterocycles. The van der Waals surface area contributed by atoms with Gasteiger partial charge in [0.2, 0.25) is 5.89 Å². The molecule has 6 heteroatoms. The molecule has 1 saturated carbocycles. The molecule has 1 aliphatic rings. The van der Waals surface area contributed by atoms with Gasteiger partial charge in [-0.15, -0.1) is 5.10 Å². The minimum atomic E-state index is -0.298. The summed E-state index contributed by atoms with van der Waals surface area (Å²) in [6, 6.07) is 0.577. The van der Waals surface area contributed by atoms with Crippen molar-refractivity contribution in [3.8, 4) is 0 Å². The molecule has 0 saturated heterocycles. The SMILES string of the molecule is CNCc1nnc(N(C)C2CCCCC2O)o1. The van der Waals surface area contributed by atoms with Gasteiger partial charge in [0.05, 0.1) is 18.7 Å². The normalized spacial score (nSPS) is 24.9. The van der Waals surface area contributed by atoms with Crippen molar-refractivity contribution in [3.05, 3.63) is 5.89 Å². The highest BCUT2D eigenvalue weighted by atomic mass is 16.4. The molecule has 17 heavy (non-hydrogen) atoms. The van der Waals surface area contributed by atoms with Crippen LogP contribution in [-0.4, -0.2) is 41.5 Å². The fourth-order valence-electron chi connectivity index (χ4n) is 2.30. The van der Waals surface area contributed by atoms with Crippen molar-refractivity contribution < 1.29 is 9.52 Å². The Kier molecular flexibility index (Phi) is 3.96. The molecule has 1 aliphatic carbocycles. The predicted molar refractivity (Wildman–Crippen MR) is 63.7 cm³/mol. The van der Waals surface area contributed by atoms with E-state index in [-0.39, 0.29) is 12.1 Å². The summed E-state index contributed by atoms with van der Waals surface area (Å²) in [5, 5.41) is 20.9. The molecule has 0 aliphatic heterocycles. The van der Waals surface area contributed by atoms with Gasteiger partial charge in [-0.1, -0.05) is 17.9 Å². The zero-order valence-electron chi connectivity index (χ0n) is 10.4. The van der Waals surface area contributed by atoms with Gasteiger partial charge in [0.1, 0.15) is 0 Å². The number of rotatable bonds is 4. The number of likely N-dealkylation sites (N-methyl/N-ethyl adjacent to an activating group) is 1. The Morgan fingerprint density at radius 1 is 1.41 bits per heavy atom. The number of hydrogen-bond acceptors (Lipinski definition) is 6. The number of nitrogens with zero attached hydrogens (tertiary/aromatic N) is 3. The summed E-state index contributed by atoms with van der Waals surface area (Å²) in [6.45, 7) is 0.564. The number of hydrogen-bond donors (Lipinski definition) is 2. The van der Waals surface area contributed by atoms with E-state index in [4.69, 9.17) is 4.42 Å². The van der Waals surface area contributed by atoms with Gasteiger partial charge in [-0.05, 0) is 19.9 Å². The van der Waals surface area contributed by atoms with Crippen molar-refractivity contribution in [1.82, 2.24) is 15.5 Å². The zero-order valence-corrected chi connectivity index (χ0v) is 10.4. The van der Waals surface area contributed by atoms with E-state index in [9.17, 15) is 5.11 Å². The van der Waals surface area contributed by atoms with E-state index >= 15 is 0 Å². The second-order valence-electron chi connectivity index (χ2n) is 4.54. The summed E-state index contributed by atoms with van der Waals surface area (Å²) in [5.41, 5.74) is 0. The molecule has 0 radical (unpaired) electrons. The van der Waals surface area contributed by atoms with E-state index in [1.165, 1.54) is 0 Å². The first kappa shape index (κ1) is 12.3. The summed E-state index contributed by atoms with van der Waals surface area (Å²) in [5.74, 6) is 0.569. The average Bonchev–Trinajstić information content (AvgIpc) is 2.78. The second kappa shape index (κ2) is 5.46. The molecule has 1 heterocycles. The molecule has 0 spiro atoms. The Morgan fingerprint density at radius 2 is 2.18 bits per heavy atom. The van der Waals surface area contributed by atoms with Crippen LogP contribution in [0.5, 0.6) is 0 Å². The van der Waals surface area contributed by atoms with Crippen molar-refractivity contribution in [3.63, 3.8) is 0 Å². The Labute approximate surface area is 101 Å². The van der Waals surface area contributed by atoms with E-state index in [1.807, 2.05) is 19.0 Å². The molecule has 2 N–H and O–H groups in total. The maximum Gasteiger partial charge on any atom is 0.318 e. The maximum atomic E-state index is 9.97. The Morgan fingerprint density at radius 3 is 2.88 bits per heavy atom. The largest absolute Gasteiger partial charge is 0.407 e. The Hall–Kier alpha value is -1.14. The highest BCUT2D eigenvalue weighted by Gasteiger charge is 2.29. The third-order valence-corrected chi connectivity index (χ3v) is 3.28. The molecular weight excluding hydrogens is 220 g/mol. The van der Waals surface area contributed by atoms with Gasteiger partial charge < -0.3 is 19.7 Å². The van der Waals surface area contributed by atoms with Crippen LogP contribution in [0.4, 0.5) is 6.01 Å². The summed E-state index contributed by atoms with van der Waals surface area (Å²) in [7, 11) is 3.73. The van der Waals surface area contributed by atoms with Crippen LogP contribution in [0.1, 0.15) is 31.6 Å². The lowest BCUT2D eigenvalue weighted by Gasteiger charge is -2.33. The molecule has 0 aromatic carbocycles. The van der Waals surface area contributed by atoms with Crippen LogP contribution in [0.25, 0.3) is 0 Å². The number of anilines is 1. The Balaban J connectivity index is 2.04. The van der Waals surface area contributed by atoms with E-state index in [0.29, 0.717) is 18.5 Å². The molecule has 2 unspecified atom stereocenters. The van der Waals surface area contributed by atoms with Crippen LogP contribution in [0.3, 0.4) is 0 Å². The molecule has 2 rings (SSSR count). The minimum Gasteiger partial charge on any atom is -0.407 e. The second-order valence-corrected chi connectivity index (χ2v) is 4.54.